The Balaban J connectivity index is 2.00. The number of amides is 1. The van der Waals surface area contributed by atoms with Crippen LogP contribution < -0.4 is 5.32 Å². The maximum atomic E-state index is 12.2. The Morgan fingerprint density at radius 3 is 2.52 bits per heavy atom. The third-order valence-corrected chi connectivity index (χ3v) is 4.12. The fourth-order valence-corrected chi connectivity index (χ4v) is 3.16. The van der Waals surface area contributed by atoms with Crippen LogP contribution in [-0.4, -0.2) is 22.1 Å². The lowest BCUT2D eigenvalue weighted by Gasteiger charge is -2.26. The summed E-state index contributed by atoms with van der Waals surface area (Å²) in [6, 6.07) is 7.02. The molecule has 0 aliphatic heterocycles. The Morgan fingerprint density at radius 1 is 1.19 bits per heavy atom. The first-order chi connectivity index (χ1) is 10.0. The molecule has 114 valence electrons. The molecule has 0 spiro atoms. The van der Waals surface area contributed by atoms with Crippen LogP contribution in [0.5, 0.6) is 0 Å². The molecule has 1 fully saturated rings. The van der Waals surface area contributed by atoms with E-state index in [-0.39, 0.29) is 25.4 Å². The van der Waals surface area contributed by atoms with Gasteiger partial charge in [-0.15, -0.1) is 0 Å². The summed E-state index contributed by atoms with van der Waals surface area (Å²) in [4.78, 5) is 23.2. The number of nitrogens with one attached hydrogen (secondary N) is 1. The second-order valence-corrected chi connectivity index (χ2v) is 5.86. The topological polar surface area (TPSA) is 86.6 Å². The van der Waals surface area contributed by atoms with E-state index in [1.165, 1.54) is 0 Å². The fraction of sp³-hybridized carbons (Fsp3) is 0.500. The smallest absolute Gasteiger partial charge is 0.303 e. The molecular weight excluding hydrogens is 270 g/mol. The first-order valence-corrected chi connectivity index (χ1v) is 7.24. The van der Waals surface area contributed by atoms with E-state index in [0.29, 0.717) is 5.69 Å². The number of benzene rings is 1. The number of aliphatic hydroxyl groups excluding tert-OH is 1. The number of aliphatic carboxylic acids is 1. The minimum absolute atomic E-state index is 0.0527. The number of rotatable bonds is 6. The third-order valence-electron chi connectivity index (χ3n) is 4.12. The molecule has 1 saturated carbocycles. The molecule has 0 bridgehead atoms. The zero-order chi connectivity index (χ0) is 15.3. The van der Waals surface area contributed by atoms with Crippen molar-refractivity contribution in [3.63, 3.8) is 0 Å². The van der Waals surface area contributed by atoms with Gasteiger partial charge in [-0.1, -0.05) is 25.0 Å². The first-order valence-electron chi connectivity index (χ1n) is 7.24. The summed E-state index contributed by atoms with van der Waals surface area (Å²) < 4.78 is 0. The minimum Gasteiger partial charge on any atom is -0.481 e. The van der Waals surface area contributed by atoms with Gasteiger partial charge in [-0.2, -0.15) is 0 Å². The summed E-state index contributed by atoms with van der Waals surface area (Å²) in [6.45, 7) is -0.0767. The Kier molecular flexibility index (Phi) is 4.96. The molecule has 2 rings (SSSR count). The predicted octanol–water partition coefficient (Wildman–Crippen LogP) is 2.54. The van der Waals surface area contributed by atoms with Gasteiger partial charge in [0, 0.05) is 12.1 Å². The van der Waals surface area contributed by atoms with E-state index in [2.05, 4.69) is 5.32 Å². The van der Waals surface area contributed by atoms with Gasteiger partial charge in [0.1, 0.15) is 0 Å². The quantitative estimate of drug-likeness (QED) is 0.751. The van der Waals surface area contributed by atoms with Gasteiger partial charge in [-0.05, 0) is 36.0 Å². The summed E-state index contributed by atoms with van der Waals surface area (Å²) in [6.07, 6.45) is 3.85. The van der Waals surface area contributed by atoms with Crippen LogP contribution in [0.4, 0.5) is 5.69 Å². The van der Waals surface area contributed by atoms with E-state index in [1.54, 1.807) is 24.3 Å². The van der Waals surface area contributed by atoms with Gasteiger partial charge in [0.15, 0.2) is 0 Å². The largest absolute Gasteiger partial charge is 0.481 e. The molecule has 0 aromatic heterocycles. The molecule has 0 heterocycles. The molecule has 1 aromatic rings. The molecule has 1 aliphatic carbocycles. The molecule has 0 atom stereocenters. The van der Waals surface area contributed by atoms with Crippen LogP contribution in [0.15, 0.2) is 24.3 Å². The third kappa shape index (κ3) is 4.29. The number of carboxylic acid groups (broad SMARTS) is 1. The predicted molar refractivity (Wildman–Crippen MR) is 78.8 cm³/mol. The van der Waals surface area contributed by atoms with Crippen molar-refractivity contribution in [2.24, 2.45) is 5.41 Å². The van der Waals surface area contributed by atoms with Crippen molar-refractivity contribution < 1.29 is 19.8 Å². The van der Waals surface area contributed by atoms with Gasteiger partial charge in [-0.3, -0.25) is 9.59 Å². The fourth-order valence-electron chi connectivity index (χ4n) is 3.16. The molecule has 21 heavy (non-hydrogen) atoms. The summed E-state index contributed by atoms with van der Waals surface area (Å²) in [5, 5.41) is 20.9. The molecular formula is C16H21NO4. The summed E-state index contributed by atoms with van der Waals surface area (Å²) in [7, 11) is 0. The molecule has 1 amide bonds. The number of carbonyl (C=O) groups excluding carboxylic acids is 1. The van der Waals surface area contributed by atoms with Crippen LogP contribution in [-0.2, 0) is 16.2 Å². The molecule has 0 unspecified atom stereocenters. The number of hydrogen-bond acceptors (Lipinski definition) is 3. The second-order valence-electron chi connectivity index (χ2n) is 5.86. The standard InChI is InChI=1S/C16H21NO4/c18-11-12-4-3-5-13(8-12)17-14(19)9-16(10-15(20)21)6-1-2-7-16/h3-5,8,18H,1-2,6-7,9-11H2,(H,17,19)(H,20,21). The van der Waals surface area contributed by atoms with Crippen molar-refractivity contribution in [1.82, 2.24) is 0 Å². The van der Waals surface area contributed by atoms with Crippen molar-refractivity contribution in [2.75, 3.05) is 5.32 Å². The molecule has 1 aliphatic rings. The van der Waals surface area contributed by atoms with Crippen molar-refractivity contribution in [3.8, 4) is 0 Å². The summed E-state index contributed by atoms with van der Waals surface area (Å²) in [5.74, 6) is -1.000. The van der Waals surface area contributed by atoms with Crippen LogP contribution in [0.2, 0.25) is 0 Å². The number of anilines is 1. The van der Waals surface area contributed by atoms with E-state index in [4.69, 9.17) is 10.2 Å². The maximum absolute atomic E-state index is 12.2. The monoisotopic (exact) mass is 291 g/mol. The Labute approximate surface area is 124 Å². The Morgan fingerprint density at radius 2 is 1.90 bits per heavy atom. The van der Waals surface area contributed by atoms with Crippen molar-refractivity contribution in [3.05, 3.63) is 29.8 Å². The first kappa shape index (κ1) is 15.5. The lowest BCUT2D eigenvalue weighted by atomic mass is 9.79. The second kappa shape index (κ2) is 6.72. The lowest BCUT2D eigenvalue weighted by molar-refractivity contribution is -0.140. The normalized spacial score (nSPS) is 16.6. The van der Waals surface area contributed by atoms with Crippen LogP contribution in [0.1, 0.15) is 44.1 Å². The van der Waals surface area contributed by atoms with E-state index >= 15 is 0 Å². The molecule has 3 N–H and O–H groups in total. The minimum atomic E-state index is -0.841. The van der Waals surface area contributed by atoms with Gasteiger partial charge in [0.2, 0.25) is 5.91 Å². The lowest BCUT2D eigenvalue weighted by Crippen LogP contribution is -2.27. The van der Waals surface area contributed by atoms with Gasteiger partial charge in [-0.25, -0.2) is 0 Å². The van der Waals surface area contributed by atoms with E-state index < -0.39 is 11.4 Å². The zero-order valence-corrected chi connectivity index (χ0v) is 12.0. The van der Waals surface area contributed by atoms with Crippen LogP contribution in [0.25, 0.3) is 0 Å². The highest BCUT2D eigenvalue weighted by molar-refractivity contribution is 5.91. The highest BCUT2D eigenvalue weighted by atomic mass is 16.4. The van der Waals surface area contributed by atoms with Gasteiger partial charge in [0.25, 0.3) is 0 Å². The molecule has 1 aromatic carbocycles. The summed E-state index contributed by atoms with van der Waals surface area (Å²) >= 11 is 0. The maximum Gasteiger partial charge on any atom is 0.303 e. The van der Waals surface area contributed by atoms with Crippen LogP contribution in [0, 0.1) is 5.41 Å². The van der Waals surface area contributed by atoms with E-state index in [9.17, 15) is 9.59 Å². The zero-order valence-electron chi connectivity index (χ0n) is 12.0. The van der Waals surface area contributed by atoms with Crippen LogP contribution >= 0.6 is 0 Å². The molecule has 5 nitrogen and oxygen atoms in total. The Bertz CT molecular complexity index is 521. The van der Waals surface area contributed by atoms with Crippen molar-refractivity contribution >= 4 is 17.6 Å². The molecule has 0 saturated heterocycles. The number of carboxylic acids is 1. The number of aliphatic hydroxyl groups is 1. The SMILES string of the molecule is O=C(O)CC1(CC(=O)Nc2cccc(CO)c2)CCCC1. The number of carbonyl (C=O) groups is 2. The van der Waals surface area contributed by atoms with Crippen molar-refractivity contribution in [1.29, 1.82) is 0 Å². The van der Waals surface area contributed by atoms with Gasteiger partial charge in [0.05, 0.1) is 13.0 Å². The van der Waals surface area contributed by atoms with Crippen LogP contribution in [0.3, 0.4) is 0 Å². The highest BCUT2D eigenvalue weighted by Crippen LogP contribution is 2.44. The summed E-state index contributed by atoms with van der Waals surface area (Å²) in [5.41, 5.74) is 0.966. The average Bonchev–Trinajstić information content (AvgIpc) is 2.85. The highest BCUT2D eigenvalue weighted by Gasteiger charge is 2.37. The molecule has 0 radical (unpaired) electrons. The molecule has 5 heteroatoms. The van der Waals surface area contributed by atoms with E-state index in [0.717, 1.165) is 31.2 Å². The number of hydrogen-bond donors (Lipinski definition) is 3. The van der Waals surface area contributed by atoms with Gasteiger partial charge < -0.3 is 15.5 Å². The van der Waals surface area contributed by atoms with E-state index in [1.807, 2.05) is 0 Å². The van der Waals surface area contributed by atoms with Gasteiger partial charge >= 0.3 is 5.97 Å². The Hall–Kier alpha value is -1.88. The average molecular weight is 291 g/mol. The van der Waals surface area contributed by atoms with Crippen molar-refractivity contribution in [2.45, 2.75) is 45.1 Å².